The molecule has 18 heavy (non-hydrogen) atoms. The standard InChI is InChI=1S/C12H11NO5/c1-7(14)17-9-4-2-8(3-5-9)6-10-11(15)18-12(16)13-10/h2-5,15H,6H2,1H3,(H,13,16). The Morgan fingerprint density at radius 2 is 2.06 bits per heavy atom. The first kappa shape index (κ1) is 12.0. The fraction of sp³-hybridized carbons (Fsp3) is 0.167. The number of H-pyrrole nitrogens is 1. The van der Waals surface area contributed by atoms with Crippen molar-refractivity contribution in [3.8, 4) is 11.7 Å². The third-order valence-corrected chi connectivity index (χ3v) is 2.27. The number of aromatic amines is 1. The number of aromatic nitrogens is 1. The highest BCUT2D eigenvalue weighted by atomic mass is 16.5. The van der Waals surface area contributed by atoms with Gasteiger partial charge in [0, 0.05) is 13.3 Å². The Kier molecular flexibility index (Phi) is 3.18. The lowest BCUT2D eigenvalue weighted by Crippen LogP contribution is -2.01. The molecule has 94 valence electrons. The van der Waals surface area contributed by atoms with Crippen molar-refractivity contribution in [3.05, 3.63) is 46.1 Å². The summed E-state index contributed by atoms with van der Waals surface area (Å²) in [5.74, 6) is -1.06. The molecule has 6 nitrogen and oxygen atoms in total. The maximum atomic E-state index is 10.8. The number of hydrogen-bond acceptors (Lipinski definition) is 5. The molecule has 0 spiro atoms. The lowest BCUT2D eigenvalue weighted by molar-refractivity contribution is -0.131. The highest BCUT2D eigenvalue weighted by Gasteiger charge is 2.09. The van der Waals surface area contributed by atoms with Crippen molar-refractivity contribution < 1.29 is 19.1 Å². The van der Waals surface area contributed by atoms with Crippen molar-refractivity contribution in [2.75, 3.05) is 0 Å². The molecular formula is C12H11NO5. The van der Waals surface area contributed by atoms with Gasteiger partial charge in [-0.25, -0.2) is 4.79 Å². The Balaban J connectivity index is 2.13. The molecule has 0 atom stereocenters. The topological polar surface area (TPSA) is 92.5 Å². The molecule has 0 saturated carbocycles. The summed E-state index contributed by atoms with van der Waals surface area (Å²) in [5.41, 5.74) is 1.14. The fourth-order valence-electron chi connectivity index (χ4n) is 1.52. The van der Waals surface area contributed by atoms with Crippen LogP contribution in [0.1, 0.15) is 18.2 Å². The molecule has 0 aliphatic carbocycles. The second-order valence-corrected chi connectivity index (χ2v) is 3.71. The van der Waals surface area contributed by atoms with Gasteiger partial charge in [0.2, 0.25) is 0 Å². The molecule has 0 unspecified atom stereocenters. The maximum Gasteiger partial charge on any atom is 0.419 e. The number of ether oxygens (including phenoxy) is 1. The largest absolute Gasteiger partial charge is 0.479 e. The summed E-state index contributed by atoms with van der Waals surface area (Å²) >= 11 is 0. The van der Waals surface area contributed by atoms with E-state index in [1.165, 1.54) is 6.92 Å². The van der Waals surface area contributed by atoms with Crippen LogP contribution in [0.4, 0.5) is 0 Å². The van der Waals surface area contributed by atoms with Crippen molar-refractivity contribution in [1.29, 1.82) is 0 Å². The second-order valence-electron chi connectivity index (χ2n) is 3.71. The monoisotopic (exact) mass is 249 g/mol. The lowest BCUT2D eigenvalue weighted by atomic mass is 10.1. The van der Waals surface area contributed by atoms with E-state index in [2.05, 4.69) is 9.40 Å². The Morgan fingerprint density at radius 1 is 1.39 bits per heavy atom. The van der Waals surface area contributed by atoms with E-state index in [-0.39, 0.29) is 5.97 Å². The zero-order valence-electron chi connectivity index (χ0n) is 9.60. The van der Waals surface area contributed by atoms with Gasteiger partial charge < -0.3 is 14.3 Å². The van der Waals surface area contributed by atoms with E-state index in [4.69, 9.17) is 4.74 Å². The highest BCUT2D eigenvalue weighted by Crippen LogP contribution is 2.18. The van der Waals surface area contributed by atoms with Gasteiger partial charge in [0.05, 0.1) is 0 Å². The van der Waals surface area contributed by atoms with E-state index in [1.54, 1.807) is 24.3 Å². The predicted octanol–water partition coefficient (Wildman–Crippen LogP) is 1.19. The van der Waals surface area contributed by atoms with Crippen LogP contribution in [0, 0.1) is 0 Å². The number of nitrogens with one attached hydrogen (secondary N) is 1. The molecule has 0 fully saturated rings. The van der Waals surface area contributed by atoms with E-state index in [9.17, 15) is 14.7 Å². The quantitative estimate of drug-likeness (QED) is 0.629. The van der Waals surface area contributed by atoms with E-state index < -0.39 is 11.7 Å². The molecule has 1 aromatic carbocycles. The van der Waals surface area contributed by atoms with Crippen molar-refractivity contribution in [2.45, 2.75) is 13.3 Å². The van der Waals surface area contributed by atoms with Crippen LogP contribution in [0.15, 0.2) is 33.5 Å². The molecule has 2 aromatic rings. The molecule has 1 aromatic heterocycles. The minimum atomic E-state index is -0.695. The van der Waals surface area contributed by atoms with Gasteiger partial charge in [-0.3, -0.25) is 9.78 Å². The number of esters is 1. The van der Waals surface area contributed by atoms with E-state index in [1.807, 2.05) is 0 Å². The SMILES string of the molecule is CC(=O)Oc1ccc(Cc2[nH]c(=O)oc2O)cc1. The summed E-state index contributed by atoms with van der Waals surface area (Å²) in [6.07, 6.45) is 0.317. The van der Waals surface area contributed by atoms with Crippen LogP contribution in [0.3, 0.4) is 0 Å². The van der Waals surface area contributed by atoms with Crippen LogP contribution in [0.5, 0.6) is 11.7 Å². The first-order valence-electron chi connectivity index (χ1n) is 5.23. The number of carbonyl (C=O) groups excluding carboxylic acids is 1. The molecule has 6 heteroatoms. The summed E-state index contributed by atoms with van der Waals surface area (Å²) in [4.78, 5) is 23.9. The van der Waals surface area contributed by atoms with Crippen molar-refractivity contribution in [2.24, 2.45) is 0 Å². The molecule has 2 N–H and O–H groups in total. The van der Waals surface area contributed by atoms with E-state index in [0.29, 0.717) is 17.9 Å². The smallest absolute Gasteiger partial charge is 0.419 e. The molecule has 0 bridgehead atoms. The van der Waals surface area contributed by atoms with Crippen molar-refractivity contribution >= 4 is 5.97 Å². The molecule has 1 heterocycles. The maximum absolute atomic E-state index is 10.8. The van der Waals surface area contributed by atoms with Crippen LogP contribution >= 0.6 is 0 Å². The van der Waals surface area contributed by atoms with Crippen LogP contribution in [0.25, 0.3) is 0 Å². The van der Waals surface area contributed by atoms with Gasteiger partial charge >= 0.3 is 17.7 Å². The number of oxazole rings is 1. The number of aromatic hydroxyl groups is 1. The lowest BCUT2D eigenvalue weighted by Gasteiger charge is -2.02. The predicted molar refractivity (Wildman–Crippen MR) is 61.6 cm³/mol. The first-order chi connectivity index (χ1) is 8.54. The summed E-state index contributed by atoms with van der Waals surface area (Å²) in [6.45, 7) is 1.32. The Morgan fingerprint density at radius 3 is 2.56 bits per heavy atom. The third kappa shape index (κ3) is 2.79. The number of hydrogen-bond donors (Lipinski definition) is 2. The molecule has 0 amide bonds. The Labute approximate surface area is 102 Å². The molecular weight excluding hydrogens is 238 g/mol. The summed E-state index contributed by atoms with van der Waals surface area (Å²) < 4.78 is 9.32. The van der Waals surface area contributed by atoms with Crippen LogP contribution in [-0.2, 0) is 11.2 Å². The average Bonchev–Trinajstić information content (AvgIpc) is 2.59. The highest BCUT2D eigenvalue weighted by molar-refractivity contribution is 5.69. The van der Waals surface area contributed by atoms with Crippen LogP contribution in [-0.4, -0.2) is 16.1 Å². The number of rotatable bonds is 3. The second kappa shape index (κ2) is 4.79. The van der Waals surface area contributed by atoms with Gasteiger partial charge in [0.25, 0.3) is 0 Å². The minimum Gasteiger partial charge on any atom is -0.479 e. The first-order valence-corrected chi connectivity index (χ1v) is 5.23. The van der Waals surface area contributed by atoms with E-state index >= 15 is 0 Å². The summed E-state index contributed by atoms with van der Waals surface area (Å²) in [6, 6.07) is 6.71. The Bertz CT molecular complexity index is 608. The third-order valence-electron chi connectivity index (χ3n) is 2.27. The zero-order valence-corrected chi connectivity index (χ0v) is 9.60. The van der Waals surface area contributed by atoms with Crippen molar-refractivity contribution in [3.63, 3.8) is 0 Å². The molecule has 0 aliphatic heterocycles. The molecule has 0 saturated heterocycles. The summed E-state index contributed by atoms with van der Waals surface area (Å²) in [5, 5.41) is 9.30. The van der Waals surface area contributed by atoms with Gasteiger partial charge in [0.1, 0.15) is 11.4 Å². The van der Waals surface area contributed by atoms with Gasteiger partial charge in [-0.15, -0.1) is 0 Å². The molecule has 0 aliphatic rings. The van der Waals surface area contributed by atoms with Crippen molar-refractivity contribution in [1.82, 2.24) is 4.98 Å². The normalized spacial score (nSPS) is 10.3. The minimum absolute atomic E-state index is 0.306. The fourth-order valence-corrected chi connectivity index (χ4v) is 1.52. The van der Waals surface area contributed by atoms with Gasteiger partial charge in [0.15, 0.2) is 0 Å². The zero-order chi connectivity index (χ0) is 13.1. The Hall–Kier alpha value is -2.50. The average molecular weight is 249 g/mol. The van der Waals surface area contributed by atoms with Gasteiger partial charge in [-0.05, 0) is 17.7 Å². The molecule has 0 radical (unpaired) electrons. The summed E-state index contributed by atoms with van der Waals surface area (Å²) in [7, 11) is 0. The number of carbonyl (C=O) groups is 1. The van der Waals surface area contributed by atoms with Crippen LogP contribution in [0.2, 0.25) is 0 Å². The van der Waals surface area contributed by atoms with E-state index in [0.717, 1.165) is 5.56 Å². The van der Waals surface area contributed by atoms with Gasteiger partial charge in [-0.2, -0.15) is 0 Å². The molecule has 2 rings (SSSR count). The number of benzene rings is 1. The van der Waals surface area contributed by atoms with Gasteiger partial charge in [-0.1, -0.05) is 12.1 Å². The van der Waals surface area contributed by atoms with Crippen LogP contribution < -0.4 is 10.5 Å².